The monoisotopic (exact) mass is 278 g/mol. The van der Waals surface area contributed by atoms with Crippen molar-refractivity contribution in [1.29, 1.82) is 0 Å². The molecule has 1 N–H and O–H groups in total. The molecule has 3 nitrogen and oxygen atoms in total. The highest BCUT2D eigenvalue weighted by molar-refractivity contribution is 5.18. The molecule has 0 fully saturated rings. The second-order valence-corrected chi connectivity index (χ2v) is 6.44. The van der Waals surface area contributed by atoms with Gasteiger partial charge in [-0.05, 0) is 31.2 Å². The van der Waals surface area contributed by atoms with Crippen LogP contribution in [0, 0.1) is 5.92 Å². The van der Waals surface area contributed by atoms with Crippen LogP contribution < -0.4 is 10.9 Å². The molecule has 0 saturated heterocycles. The van der Waals surface area contributed by atoms with Gasteiger partial charge in [0.05, 0.1) is 0 Å². The van der Waals surface area contributed by atoms with Crippen LogP contribution in [0.4, 0.5) is 0 Å². The van der Waals surface area contributed by atoms with Crippen LogP contribution in [0.25, 0.3) is 0 Å². The lowest BCUT2D eigenvalue weighted by atomic mass is 10.1. The zero-order chi connectivity index (χ0) is 15.3. The minimum Gasteiger partial charge on any atom is -0.312 e. The van der Waals surface area contributed by atoms with Gasteiger partial charge in [-0.1, -0.05) is 40.7 Å². The smallest absolute Gasteiger partial charge is 0.255 e. The molecule has 1 aromatic heterocycles. The normalized spacial score (nSPS) is 13.2. The molecule has 1 aromatic rings. The van der Waals surface area contributed by atoms with E-state index in [1.54, 1.807) is 0 Å². The van der Waals surface area contributed by atoms with E-state index in [9.17, 15) is 4.79 Å². The summed E-state index contributed by atoms with van der Waals surface area (Å²) in [6.07, 6.45) is 1.07. The number of rotatable bonds is 7. The summed E-state index contributed by atoms with van der Waals surface area (Å²) in [6.45, 7) is 14.3. The Balaban J connectivity index is 3.07. The van der Waals surface area contributed by atoms with Crippen molar-refractivity contribution in [3.8, 4) is 0 Å². The van der Waals surface area contributed by atoms with Gasteiger partial charge in [-0.15, -0.1) is 0 Å². The van der Waals surface area contributed by atoms with Crippen LogP contribution in [0.1, 0.15) is 65.1 Å². The summed E-state index contributed by atoms with van der Waals surface area (Å²) in [5, 5.41) is 3.41. The Kier molecular flexibility index (Phi) is 6.47. The zero-order valence-corrected chi connectivity index (χ0v) is 13.9. The summed E-state index contributed by atoms with van der Waals surface area (Å²) in [6, 6.07) is 4.55. The number of nitrogens with one attached hydrogen (secondary N) is 1. The summed E-state index contributed by atoms with van der Waals surface area (Å²) in [4.78, 5) is 12.7. The maximum Gasteiger partial charge on any atom is 0.255 e. The van der Waals surface area contributed by atoms with Gasteiger partial charge in [0, 0.05) is 30.4 Å². The lowest BCUT2D eigenvalue weighted by molar-refractivity contribution is 0.479. The molecule has 0 amide bonds. The molecule has 0 aliphatic carbocycles. The van der Waals surface area contributed by atoms with Gasteiger partial charge >= 0.3 is 0 Å². The predicted molar refractivity (Wildman–Crippen MR) is 86.2 cm³/mol. The molecule has 114 valence electrons. The van der Waals surface area contributed by atoms with Crippen molar-refractivity contribution in [2.24, 2.45) is 5.92 Å². The van der Waals surface area contributed by atoms with Gasteiger partial charge in [0.15, 0.2) is 0 Å². The van der Waals surface area contributed by atoms with E-state index in [4.69, 9.17) is 0 Å². The molecule has 3 heteroatoms. The number of hydrogen-bond donors (Lipinski definition) is 1. The van der Waals surface area contributed by atoms with Crippen molar-refractivity contribution in [1.82, 2.24) is 9.88 Å². The zero-order valence-electron chi connectivity index (χ0n) is 13.9. The molecule has 1 rings (SSSR count). The Hall–Kier alpha value is -1.09. The molecule has 0 aliphatic rings. The van der Waals surface area contributed by atoms with E-state index in [-0.39, 0.29) is 5.56 Å². The summed E-state index contributed by atoms with van der Waals surface area (Å²) in [5.41, 5.74) is 2.17. The third-order valence-corrected chi connectivity index (χ3v) is 3.68. The Morgan fingerprint density at radius 2 is 1.80 bits per heavy atom. The van der Waals surface area contributed by atoms with Crippen molar-refractivity contribution >= 4 is 0 Å². The van der Waals surface area contributed by atoms with Gasteiger partial charge in [-0.2, -0.15) is 0 Å². The first-order valence-electron chi connectivity index (χ1n) is 7.82. The second-order valence-electron chi connectivity index (χ2n) is 6.44. The van der Waals surface area contributed by atoms with Gasteiger partial charge in [0.1, 0.15) is 0 Å². The third-order valence-electron chi connectivity index (χ3n) is 3.68. The van der Waals surface area contributed by atoms with Crippen LogP contribution in [-0.4, -0.2) is 10.6 Å². The molecule has 0 aliphatic heterocycles. The average molecular weight is 278 g/mol. The van der Waals surface area contributed by atoms with Gasteiger partial charge in [0.2, 0.25) is 0 Å². The molecular formula is C17H30N2O. The lowest BCUT2D eigenvalue weighted by Gasteiger charge is -2.19. The molecule has 0 bridgehead atoms. The molecule has 0 radical (unpaired) electrons. The average Bonchev–Trinajstić information content (AvgIpc) is 2.38. The van der Waals surface area contributed by atoms with Gasteiger partial charge in [-0.3, -0.25) is 4.79 Å². The van der Waals surface area contributed by atoms with E-state index in [0.717, 1.165) is 24.2 Å². The standard InChI is InChI=1S/C17H30N2O/c1-7-14(6)18-10-15-8-9-16(13(4)5)19(17(15)20)11-12(2)3/h8-9,12-14,18H,7,10-11H2,1-6H3. The van der Waals surface area contributed by atoms with E-state index in [1.165, 1.54) is 0 Å². The second kappa shape index (κ2) is 7.63. The quantitative estimate of drug-likeness (QED) is 0.828. The first kappa shape index (κ1) is 17.0. The minimum atomic E-state index is 0.167. The predicted octanol–water partition coefficient (Wildman–Crippen LogP) is 3.52. The Morgan fingerprint density at radius 3 is 2.30 bits per heavy atom. The highest BCUT2D eigenvalue weighted by atomic mass is 16.1. The number of pyridine rings is 1. The first-order chi connectivity index (χ1) is 9.36. The number of hydrogen-bond acceptors (Lipinski definition) is 2. The van der Waals surface area contributed by atoms with E-state index >= 15 is 0 Å². The highest BCUT2D eigenvalue weighted by Gasteiger charge is 2.12. The van der Waals surface area contributed by atoms with Crippen LogP contribution in [-0.2, 0) is 13.1 Å². The fourth-order valence-corrected chi connectivity index (χ4v) is 2.26. The molecule has 0 aromatic carbocycles. The van der Waals surface area contributed by atoms with E-state index in [0.29, 0.717) is 24.4 Å². The fraction of sp³-hybridized carbons (Fsp3) is 0.706. The molecule has 1 atom stereocenters. The Bertz CT molecular complexity index is 474. The van der Waals surface area contributed by atoms with E-state index < -0.39 is 0 Å². The maximum absolute atomic E-state index is 12.7. The van der Waals surface area contributed by atoms with Crippen molar-refractivity contribution in [3.05, 3.63) is 33.7 Å². The van der Waals surface area contributed by atoms with Crippen LogP contribution in [0.15, 0.2) is 16.9 Å². The van der Waals surface area contributed by atoms with Crippen molar-refractivity contribution in [2.45, 2.75) is 73.0 Å². The van der Waals surface area contributed by atoms with Crippen molar-refractivity contribution in [3.63, 3.8) is 0 Å². The number of nitrogens with zero attached hydrogens (tertiary/aromatic N) is 1. The van der Waals surface area contributed by atoms with Crippen molar-refractivity contribution < 1.29 is 0 Å². The highest BCUT2D eigenvalue weighted by Crippen LogP contribution is 2.14. The van der Waals surface area contributed by atoms with E-state index in [1.807, 2.05) is 10.6 Å². The Labute approximate surface area is 123 Å². The lowest BCUT2D eigenvalue weighted by Crippen LogP contribution is -2.33. The molecule has 1 heterocycles. The SMILES string of the molecule is CCC(C)NCc1ccc(C(C)C)n(CC(C)C)c1=O. The van der Waals surface area contributed by atoms with Crippen LogP contribution >= 0.6 is 0 Å². The first-order valence-corrected chi connectivity index (χ1v) is 7.82. The summed E-state index contributed by atoms with van der Waals surface area (Å²) in [5.74, 6) is 0.848. The van der Waals surface area contributed by atoms with Gasteiger partial charge < -0.3 is 9.88 Å². The topological polar surface area (TPSA) is 34.0 Å². The van der Waals surface area contributed by atoms with Gasteiger partial charge in [-0.25, -0.2) is 0 Å². The molecular weight excluding hydrogens is 248 g/mol. The summed E-state index contributed by atoms with van der Waals surface area (Å²) >= 11 is 0. The largest absolute Gasteiger partial charge is 0.312 e. The minimum absolute atomic E-state index is 0.167. The van der Waals surface area contributed by atoms with Crippen LogP contribution in [0.2, 0.25) is 0 Å². The fourth-order valence-electron chi connectivity index (χ4n) is 2.26. The maximum atomic E-state index is 12.7. The molecule has 0 spiro atoms. The summed E-state index contributed by atoms with van der Waals surface area (Å²) in [7, 11) is 0. The molecule has 1 unspecified atom stereocenters. The van der Waals surface area contributed by atoms with E-state index in [2.05, 4.69) is 52.9 Å². The molecule has 0 saturated carbocycles. The van der Waals surface area contributed by atoms with Crippen LogP contribution in [0.5, 0.6) is 0 Å². The third kappa shape index (κ3) is 4.48. The van der Waals surface area contributed by atoms with Gasteiger partial charge in [0.25, 0.3) is 5.56 Å². The number of aromatic nitrogens is 1. The molecule has 20 heavy (non-hydrogen) atoms. The van der Waals surface area contributed by atoms with Crippen LogP contribution in [0.3, 0.4) is 0 Å². The van der Waals surface area contributed by atoms with Crippen molar-refractivity contribution in [2.75, 3.05) is 0 Å². The Morgan fingerprint density at radius 1 is 1.15 bits per heavy atom. The summed E-state index contributed by atoms with van der Waals surface area (Å²) < 4.78 is 1.96.